The van der Waals surface area contributed by atoms with E-state index in [0.29, 0.717) is 5.56 Å². The Morgan fingerprint density at radius 2 is 2.45 bits per heavy atom. The van der Waals surface area contributed by atoms with E-state index in [1.54, 1.807) is 18.3 Å². The summed E-state index contributed by atoms with van der Waals surface area (Å²) in [5.74, 6) is 0. The number of nitrogens with two attached hydrogens (primary N) is 1. The van der Waals surface area contributed by atoms with Crippen LogP contribution in [0.5, 0.6) is 0 Å². The van der Waals surface area contributed by atoms with Crippen molar-refractivity contribution in [2.24, 2.45) is 5.73 Å². The lowest BCUT2D eigenvalue weighted by molar-refractivity contribution is 1.01. The summed E-state index contributed by atoms with van der Waals surface area (Å²) in [4.78, 5) is 13.5. The molecular formula is C8H10N2O. The second-order valence-electron chi connectivity index (χ2n) is 2.20. The Hall–Kier alpha value is -1.35. The predicted octanol–water partition coefficient (Wildman–Crippen LogP) is 0.477. The van der Waals surface area contributed by atoms with Crippen LogP contribution in [0.2, 0.25) is 0 Å². The summed E-state index contributed by atoms with van der Waals surface area (Å²) in [7, 11) is 0. The van der Waals surface area contributed by atoms with E-state index < -0.39 is 0 Å². The van der Waals surface area contributed by atoms with Gasteiger partial charge in [-0.15, -0.1) is 0 Å². The second kappa shape index (κ2) is 3.16. The fourth-order valence-corrected chi connectivity index (χ4v) is 0.819. The average molecular weight is 150 g/mol. The maximum Gasteiger partial charge on any atom is 0.252 e. The minimum absolute atomic E-state index is 0.127. The zero-order valence-electron chi connectivity index (χ0n) is 6.13. The van der Waals surface area contributed by atoms with Gasteiger partial charge in [-0.2, -0.15) is 0 Å². The lowest BCUT2D eigenvalue weighted by Gasteiger charge is -1.96. The molecule has 0 fully saturated rings. The molecule has 0 aliphatic rings. The number of aromatic amines is 1. The van der Waals surface area contributed by atoms with E-state index in [9.17, 15) is 4.79 Å². The minimum Gasteiger partial charge on any atom is -0.328 e. The van der Waals surface area contributed by atoms with Crippen molar-refractivity contribution in [3.63, 3.8) is 0 Å². The number of H-pyrrole nitrogens is 1. The third kappa shape index (κ3) is 1.56. The molecule has 0 radical (unpaired) electrons. The van der Waals surface area contributed by atoms with Crippen LogP contribution in [-0.2, 0) is 6.54 Å². The molecule has 0 bridgehead atoms. The molecule has 0 aliphatic carbocycles. The lowest BCUT2D eigenvalue weighted by atomic mass is 10.2. The maximum absolute atomic E-state index is 10.9. The van der Waals surface area contributed by atoms with Gasteiger partial charge in [0.15, 0.2) is 0 Å². The van der Waals surface area contributed by atoms with Crippen molar-refractivity contribution < 1.29 is 0 Å². The third-order valence-corrected chi connectivity index (χ3v) is 1.46. The van der Waals surface area contributed by atoms with Gasteiger partial charge in [0.05, 0.1) is 0 Å². The summed E-state index contributed by atoms with van der Waals surface area (Å²) >= 11 is 0. The molecule has 1 rings (SSSR count). The topological polar surface area (TPSA) is 58.9 Å². The number of hydrogen-bond donors (Lipinski definition) is 2. The van der Waals surface area contributed by atoms with Gasteiger partial charge < -0.3 is 10.7 Å². The molecule has 0 unspecified atom stereocenters. The molecule has 1 heterocycles. The molecule has 3 N–H and O–H groups in total. The second-order valence-corrected chi connectivity index (χ2v) is 2.20. The predicted molar refractivity (Wildman–Crippen MR) is 45.0 cm³/mol. The van der Waals surface area contributed by atoms with E-state index in [4.69, 9.17) is 5.73 Å². The van der Waals surface area contributed by atoms with Gasteiger partial charge in [0, 0.05) is 18.3 Å². The van der Waals surface area contributed by atoms with Gasteiger partial charge in [0.2, 0.25) is 0 Å². The highest BCUT2D eigenvalue weighted by Crippen LogP contribution is 1.98. The number of pyridine rings is 1. The molecule has 1 aromatic heterocycles. The van der Waals surface area contributed by atoms with Crippen molar-refractivity contribution in [2.45, 2.75) is 6.54 Å². The van der Waals surface area contributed by atoms with Crippen LogP contribution < -0.4 is 11.3 Å². The highest BCUT2D eigenvalue weighted by molar-refractivity contribution is 5.45. The van der Waals surface area contributed by atoms with Crippen LogP contribution in [0.1, 0.15) is 11.1 Å². The Bertz CT molecular complexity index is 314. The summed E-state index contributed by atoms with van der Waals surface area (Å²) in [5, 5.41) is 0. The first-order valence-electron chi connectivity index (χ1n) is 3.32. The largest absolute Gasteiger partial charge is 0.328 e. The highest BCUT2D eigenvalue weighted by Gasteiger charge is 1.95. The van der Waals surface area contributed by atoms with Gasteiger partial charge in [-0.3, -0.25) is 4.79 Å². The van der Waals surface area contributed by atoms with E-state index in [2.05, 4.69) is 11.6 Å². The van der Waals surface area contributed by atoms with Crippen molar-refractivity contribution in [3.05, 3.63) is 40.3 Å². The third-order valence-electron chi connectivity index (χ3n) is 1.46. The fourth-order valence-electron chi connectivity index (χ4n) is 0.819. The van der Waals surface area contributed by atoms with Crippen LogP contribution in [0.3, 0.4) is 0 Å². The van der Waals surface area contributed by atoms with E-state index in [0.717, 1.165) is 5.56 Å². The highest BCUT2D eigenvalue weighted by atomic mass is 16.1. The first kappa shape index (κ1) is 7.75. The molecule has 0 amide bonds. The Morgan fingerprint density at radius 3 is 3.00 bits per heavy atom. The minimum atomic E-state index is -0.127. The Labute approximate surface area is 64.6 Å². The summed E-state index contributed by atoms with van der Waals surface area (Å²) in [6.45, 7) is 3.83. The standard InChI is InChI=1S/C8H10N2O/c1-2-6-3-7(4-9)8(11)10-5-6/h2-3,5H,1,4,9H2,(H,10,11). The lowest BCUT2D eigenvalue weighted by Crippen LogP contribution is -2.15. The summed E-state index contributed by atoms with van der Waals surface area (Å²) in [6.07, 6.45) is 3.27. The average Bonchev–Trinajstić information content (AvgIpc) is 2.05. The van der Waals surface area contributed by atoms with Crippen molar-refractivity contribution in [3.8, 4) is 0 Å². The zero-order valence-corrected chi connectivity index (χ0v) is 6.13. The fraction of sp³-hybridized carbons (Fsp3) is 0.125. The van der Waals surface area contributed by atoms with Crippen LogP contribution in [0.15, 0.2) is 23.6 Å². The molecule has 0 atom stereocenters. The van der Waals surface area contributed by atoms with Crippen LogP contribution in [0.25, 0.3) is 6.08 Å². The molecule has 58 valence electrons. The SMILES string of the molecule is C=Cc1c[nH]c(=O)c(CN)c1. The van der Waals surface area contributed by atoms with Crippen molar-refractivity contribution >= 4 is 6.08 Å². The van der Waals surface area contributed by atoms with Crippen LogP contribution in [0.4, 0.5) is 0 Å². The van der Waals surface area contributed by atoms with Gasteiger partial charge in [-0.1, -0.05) is 12.7 Å². The number of rotatable bonds is 2. The first-order valence-corrected chi connectivity index (χ1v) is 3.32. The number of aromatic nitrogens is 1. The van der Waals surface area contributed by atoms with Crippen LogP contribution in [0, 0.1) is 0 Å². The van der Waals surface area contributed by atoms with Crippen LogP contribution in [-0.4, -0.2) is 4.98 Å². The summed E-state index contributed by atoms with van der Waals surface area (Å²) in [5.41, 5.74) is 6.66. The zero-order chi connectivity index (χ0) is 8.27. The van der Waals surface area contributed by atoms with Gasteiger partial charge >= 0.3 is 0 Å². The first-order chi connectivity index (χ1) is 5.27. The molecular weight excluding hydrogens is 140 g/mol. The van der Waals surface area contributed by atoms with E-state index in [1.807, 2.05) is 0 Å². The smallest absolute Gasteiger partial charge is 0.252 e. The Kier molecular flexibility index (Phi) is 2.23. The van der Waals surface area contributed by atoms with Gasteiger partial charge in [-0.25, -0.2) is 0 Å². The molecule has 11 heavy (non-hydrogen) atoms. The van der Waals surface area contributed by atoms with Crippen molar-refractivity contribution in [1.82, 2.24) is 4.98 Å². The van der Waals surface area contributed by atoms with Crippen molar-refractivity contribution in [2.75, 3.05) is 0 Å². The van der Waals surface area contributed by atoms with Gasteiger partial charge in [-0.05, 0) is 11.6 Å². The summed E-state index contributed by atoms with van der Waals surface area (Å²) < 4.78 is 0. The molecule has 1 aromatic rings. The van der Waals surface area contributed by atoms with E-state index in [1.165, 1.54) is 0 Å². The molecule has 0 saturated carbocycles. The number of nitrogens with one attached hydrogen (secondary N) is 1. The monoisotopic (exact) mass is 150 g/mol. The normalized spacial score (nSPS) is 9.55. The molecule has 0 aromatic carbocycles. The summed E-state index contributed by atoms with van der Waals surface area (Å²) in [6, 6.07) is 1.73. The molecule has 0 saturated heterocycles. The number of hydrogen-bond acceptors (Lipinski definition) is 2. The van der Waals surface area contributed by atoms with Crippen LogP contribution >= 0.6 is 0 Å². The Balaban J connectivity index is 3.23. The molecule has 0 aliphatic heterocycles. The molecule has 0 spiro atoms. The van der Waals surface area contributed by atoms with Crippen molar-refractivity contribution in [1.29, 1.82) is 0 Å². The Morgan fingerprint density at radius 1 is 1.73 bits per heavy atom. The van der Waals surface area contributed by atoms with Gasteiger partial charge in [0.25, 0.3) is 5.56 Å². The van der Waals surface area contributed by atoms with E-state index in [-0.39, 0.29) is 12.1 Å². The maximum atomic E-state index is 10.9. The molecule has 3 nitrogen and oxygen atoms in total. The molecule has 3 heteroatoms. The quantitative estimate of drug-likeness (QED) is 0.644. The van der Waals surface area contributed by atoms with E-state index >= 15 is 0 Å². The van der Waals surface area contributed by atoms with Gasteiger partial charge in [0.1, 0.15) is 0 Å².